The summed E-state index contributed by atoms with van der Waals surface area (Å²) in [5.41, 5.74) is 0.823. The average molecular weight is 339 g/mol. The lowest BCUT2D eigenvalue weighted by Crippen LogP contribution is -2.27. The number of carbonyl (C=O) groups is 1. The van der Waals surface area contributed by atoms with Gasteiger partial charge in [0.2, 0.25) is 0 Å². The molecule has 0 saturated carbocycles. The van der Waals surface area contributed by atoms with E-state index in [1.54, 1.807) is 25.3 Å². The molecule has 25 heavy (non-hydrogen) atoms. The van der Waals surface area contributed by atoms with Crippen LogP contribution in [0, 0.1) is 0 Å². The number of nitrogens with one attached hydrogen (secondary N) is 2. The first kappa shape index (κ1) is 16.5. The molecule has 128 valence electrons. The molecule has 1 heterocycles. The van der Waals surface area contributed by atoms with Crippen molar-refractivity contribution in [3.63, 3.8) is 0 Å². The Balaban J connectivity index is 1.85. The first-order valence-electron chi connectivity index (χ1n) is 7.60. The predicted octanol–water partition coefficient (Wildman–Crippen LogP) is 1.87. The van der Waals surface area contributed by atoms with Crippen LogP contribution in [0.2, 0.25) is 0 Å². The maximum Gasteiger partial charge on any atom is 0.287 e. The highest BCUT2D eigenvalue weighted by Crippen LogP contribution is 2.20. The maximum atomic E-state index is 12.4. The average Bonchev–Trinajstić information content (AvgIpc) is 2.65. The van der Waals surface area contributed by atoms with Gasteiger partial charge < -0.3 is 19.8 Å². The number of hydrogen-bond donors (Lipinski definition) is 2. The van der Waals surface area contributed by atoms with Gasteiger partial charge in [-0.1, -0.05) is 18.2 Å². The van der Waals surface area contributed by atoms with Gasteiger partial charge in [0, 0.05) is 6.54 Å². The van der Waals surface area contributed by atoms with E-state index < -0.39 is 11.5 Å². The molecule has 0 bridgehead atoms. The van der Waals surface area contributed by atoms with E-state index >= 15 is 0 Å². The lowest BCUT2D eigenvalue weighted by Gasteiger charge is -2.08. The highest BCUT2D eigenvalue weighted by Gasteiger charge is 2.13. The van der Waals surface area contributed by atoms with Gasteiger partial charge in [-0.05, 0) is 29.8 Å². The van der Waals surface area contributed by atoms with Gasteiger partial charge in [0.25, 0.3) is 11.5 Å². The Morgan fingerprint density at radius 1 is 1.16 bits per heavy atom. The molecule has 0 aliphatic heterocycles. The van der Waals surface area contributed by atoms with Gasteiger partial charge in [-0.2, -0.15) is 0 Å². The minimum Gasteiger partial charge on any atom is -0.497 e. The third kappa shape index (κ3) is 3.45. The van der Waals surface area contributed by atoms with Crippen molar-refractivity contribution < 1.29 is 14.3 Å². The van der Waals surface area contributed by atoms with E-state index in [1.165, 1.54) is 7.11 Å². The number of hydrogen-bond acceptors (Lipinski definition) is 5. The van der Waals surface area contributed by atoms with E-state index in [0.29, 0.717) is 22.4 Å². The molecule has 2 N–H and O–H groups in total. The van der Waals surface area contributed by atoms with Crippen LogP contribution in [0.4, 0.5) is 0 Å². The molecule has 7 nitrogen and oxygen atoms in total. The number of carbonyl (C=O) groups excluding carboxylic acids is 1. The molecular formula is C18H17N3O4. The summed E-state index contributed by atoms with van der Waals surface area (Å²) in [4.78, 5) is 31.3. The Kier molecular flexibility index (Phi) is 4.65. The number of benzene rings is 2. The number of fused-ring (bicyclic) bond motifs is 1. The largest absolute Gasteiger partial charge is 0.497 e. The Bertz CT molecular complexity index is 981. The molecule has 0 saturated heterocycles. The first-order chi connectivity index (χ1) is 12.1. The second-order valence-corrected chi connectivity index (χ2v) is 5.31. The van der Waals surface area contributed by atoms with Crippen LogP contribution in [0.1, 0.15) is 16.2 Å². The fourth-order valence-electron chi connectivity index (χ4n) is 2.46. The number of nitrogens with zero attached hydrogens (tertiary/aromatic N) is 1. The Morgan fingerprint density at radius 3 is 2.72 bits per heavy atom. The molecule has 0 fully saturated rings. The van der Waals surface area contributed by atoms with Crippen LogP contribution in [0.3, 0.4) is 0 Å². The molecule has 0 spiro atoms. The van der Waals surface area contributed by atoms with Crippen LogP contribution in [-0.2, 0) is 6.54 Å². The van der Waals surface area contributed by atoms with Gasteiger partial charge in [0.05, 0.1) is 19.6 Å². The summed E-state index contributed by atoms with van der Waals surface area (Å²) >= 11 is 0. The number of methoxy groups -OCH3 is 2. The Labute approximate surface area is 143 Å². The molecule has 7 heteroatoms. The SMILES string of the molecule is COc1cccc(CNC(=O)c2nc3c(OC)cccc3c(=O)[nH]2)c1. The molecule has 3 aromatic rings. The number of rotatable bonds is 5. The smallest absolute Gasteiger partial charge is 0.287 e. The lowest BCUT2D eigenvalue weighted by atomic mass is 10.2. The molecule has 0 atom stereocenters. The van der Waals surface area contributed by atoms with Crippen LogP contribution >= 0.6 is 0 Å². The molecule has 0 radical (unpaired) electrons. The number of amides is 1. The van der Waals surface area contributed by atoms with Gasteiger partial charge in [-0.25, -0.2) is 4.98 Å². The minimum absolute atomic E-state index is 0.0649. The predicted molar refractivity (Wildman–Crippen MR) is 93.1 cm³/mol. The quantitative estimate of drug-likeness (QED) is 0.740. The van der Waals surface area contributed by atoms with E-state index in [-0.39, 0.29) is 12.4 Å². The normalized spacial score (nSPS) is 10.5. The van der Waals surface area contributed by atoms with Crippen LogP contribution in [-0.4, -0.2) is 30.1 Å². The van der Waals surface area contributed by atoms with Crippen molar-refractivity contribution in [2.45, 2.75) is 6.54 Å². The van der Waals surface area contributed by atoms with Crippen molar-refractivity contribution in [2.24, 2.45) is 0 Å². The molecule has 0 unspecified atom stereocenters. The van der Waals surface area contributed by atoms with Gasteiger partial charge >= 0.3 is 0 Å². The summed E-state index contributed by atoms with van der Waals surface area (Å²) in [5, 5.41) is 3.09. The summed E-state index contributed by atoms with van der Waals surface area (Å²) in [6.45, 7) is 0.281. The van der Waals surface area contributed by atoms with Gasteiger partial charge in [0.1, 0.15) is 17.0 Å². The Hall–Kier alpha value is -3.35. The van der Waals surface area contributed by atoms with Gasteiger partial charge in [-0.3, -0.25) is 9.59 Å². The highest BCUT2D eigenvalue weighted by molar-refractivity contribution is 5.93. The van der Waals surface area contributed by atoms with Crippen molar-refractivity contribution in [3.8, 4) is 11.5 Å². The summed E-state index contributed by atoms with van der Waals surface area (Å²) < 4.78 is 10.4. The molecule has 2 aromatic carbocycles. The lowest BCUT2D eigenvalue weighted by molar-refractivity contribution is 0.0940. The van der Waals surface area contributed by atoms with E-state index in [0.717, 1.165) is 5.56 Å². The highest BCUT2D eigenvalue weighted by atomic mass is 16.5. The number of aromatic nitrogens is 2. The number of para-hydroxylation sites is 1. The van der Waals surface area contributed by atoms with Crippen molar-refractivity contribution in [1.82, 2.24) is 15.3 Å². The zero-order chi connectivity index (χ0) is 17.8. The van der Waals surface area contributed by atoms with Crippen LogP contribution in [0.25, 0.3) is 10.9 Å². The standard InChI is InChI=1S/C18H17N3O4/c1-24-12-6-3-5-11(9-12)10-19-18(23)16-20-15-13(17(22)21-16)7-4-8-14(15)25-2/h3-9H,10H2,1-2H3,(H,19,23)(H,20,21,22). The zero-order valence-corrected chi connectivity index (χ0v) is 13.8. The number of aromatic amines is 1. The van der Waals surface area contributed by atoms with Crippen molar-refractivity contribution >= 4 is 16.8 Å². The van der Waals surface area contributed by atoms with Crippen LogP contribution in [0.5, 0.6) is 11.5 Å². The summed E-state index contributed by atoms with van der Waals surface area (Å²) in [6.07, 6.45) is 0. The number of ether oxygens (including phenoxy) is 2. The number of H-pyrrole nitrogens is 1. The summed E-state index contributed by atoms with van der Waals surface area (Å²) in [5.74, 6) is 0.594. The monoisotopic (exact) mass is 339 g/mol. The molecule has 0 aliphatic rings. The van der Waals surface area contributed by atoms with E-state index in [4.69, 9.17) is 9.47 Å². The zero-order valence-electron chi connectivity index (χ0n) is 13.8. The Morgan fingerprint density at radius 2 is 1.96 bits per heavy atom. The summed E-state index contributed by atoms with van der Waals surface area (Å²) in [7, 11) is 3.06. The molecule has 1 aromatic heterocycles. The van der Waals surface area contributed by atoms with Crippen LogP contribution < -0.4 is 20.3 Å². The molecule has 1 amide bonds. The third-order valence-electron chi connectivity index (χ3n) is 3.72. The minimum atomic E-state index is -0.479. The van der Waals surface area contributed by atoms with Crippen molar-refractivity contribution in [1.29, 1.82) is 0 Å². The molecule has 3 rings (SSSR count). The topological polar surface area (TPSA) is 93.3 Å². The summed E-state index contributed by atoms with van der Waals surface area (Å²) in [6, 6.07) is 12.3. The fraction of sp³-hybridized carbons (Fsp3) is 0.167. The van der Waals surface area contributed by atoms with Gasteiger partial charge in [0.15, 0.2) is 5.82 Å². The fourth-order valence-corrected chi connectivity index (χ4v) is 2.46. The third-order valence-corrected chi connectivity index (χ3v) is 3.72. The van der Waals surface area contributed by atoms with E-state index in [9.17, 15) is 9.59 Å². The van der Waals surface area contributed by atoms with E-state index in [1.807, 2.05) is 24.3 Å². The maximum absolute atomic E-state index is 12.4. The molecule has 0 aliphatic carbocycles. The van der Waals surface area contributed by atoms with Crippen molar-refractivity contribution in [3.05, 3.63) is 64.2 Å². The van der Waals surface area contributed by atoms with E-state index in [2.05, 4.69) is 15.3 Å². The van der Waals surface area contributed by atoms with Crippen LogP contribution in [0.15, 0.2) is 47.3 Å². The second kappa shape index (κ2) is 7.04. The first-order valence-corrected chi connectivity index (χ1v) is 7.60. The van der Waals surface area contributed by atoms with Gasteiger partial charge in [-0.15, -0.1) is 0 Å². The van der Waals surface area contributed by atoms with Crippen molar-refractivity contribution in [2.75, 3.05) is 14.2 Å². The second-order valence-electron chi connectivity index (χ2n) is 5.31. The molecular weight excluding hydrogens is 322 g/mol.